The number of nitrogens with zero attached hydrogens (tertiary/aromatic N) is 3. The SMILES string of the molecule is Cc1cc(-c2ccc3c(c2)N(C)C(=O)CO3)nc(N)n1. The van der Waals surface area contributed by atoms with E-state index in [4.69, 9.17) is 10.5 Å². The lowest BCUT2D eigenvalue weighted by Gasteiger charge is -2.26. The highest BCUT2D eigenvalue weighted by molar-refractivity contribution is 5.98. The summed E-state index contributed by atoms with van der Waals surface area (Å²) in [5.74, 6) is 0.848. The van der Waals surface area contributed by atoms with Crippen molar-refractivity contribution in [2.75, 3.05) is 24.3 Å². The van der Waals surface area contributed by atoms with Gasteiger partial charge in [-0.3, -0.25) is 4.79 Å². The number of fused-ring (bicyclic) bond motifs is 1. The molecule has 0 fully saturated rings. The third-order valence-electron chi connectivity index (χ3n) is 3.21. The molecule has 102 valence electrons. The predicted octanol–water partition coefficient (Wildman–Crippen LogP) is 1.39. The van der Waals surface area contributed by atoms with Crippen LogP contribution in [0.25, 0.3) is 11.3 Å². The third-order valence-corrected chi connectivity index (χ3v) is 3.21. The fraction of sp³-hybridized carbons (Fsp3) is 0.214. The van der Waals surface area contributed by atoms with Crippen molar-refractivity contribution < 1.29 is 9.53 Å². The number of hydrogen-bond donors (Lipinski definition) is 1. The molecule has 1 aliphatic rings. The number of hydrogen-bond acceptors (Lipinski definition) is 5. The quantitative estimate of drug-likeness (QED) is 0.846. The summed E-state index contributed by atoms with van der Waals surface area (Å²) in [6, 6.07) is 7.45. The van der Waals surface area contributed by atoms with Gasteiger partial charge in [0.2, 0.25) is 5.95 Å². The van der Waals surface area contributed by atoms with Crippen LogP contribution in [-0.4, -0.2) is 29.5 Å². The first kappa shape index (κ1) is 12.4. The number of carbonyl (C=O) groups excluding carboxylic acids is 1. The molecule has 0 saturated carbocycles. The van der Waals surface area contributed by atoms with Gasteiger partial charge in [-0.05, 0) is 31.2 Å². The first-order valence-corrected chi connectivity index (χ1v) is 6.19. The molecule has 1 aromatic heterocycles. The highest BCUT2D eigenvalue weighted by Crippen LogP contribution is 2.34. The van der Waals surface area contributed by atoms with E-state index in [1.165, 1.54) is 0 Å². The Balaban J connectivity index is 2.10. The van der Waals surface area contributed by atoms with E-state index in [0.717, 1.165) is 22.6 Å². The van der Waals surface area contributed by atoms with E-state index in [1.54, 1.807) is 11.9 Å². The smallest absolute Gasteiger partial charge is 0.264 e. The Bertz CT molecular complexity index is 679. The molecule has 0 saturated heterocycles. The molecule has 0 radical (unpaired) electrons. The van der Waals surface area contributed by atoms with E-state index >= 15 is 0 Å². The van der Waals surface area contributed by atoms with Gasteiger partial charge in [-0.2, -0.15) is 0 Å². The number of rotatable bonds is 1. The molecule has 2 heterocycles. The number of anilines is 2. The van der Waals surface area contributed by atoms with Crippen molar-refractivity contribution in [3.05, 3.63) is 30.0 Å². The minimum absolute atomic E-state index is 0.0718. The van der Waals surface area contributed by atoms with Gasteiger partial charge in [0.1, 0.15) is 5.75 Å². The van der Waals surface area contributed by atoms with Gasteiger partial charge in [-0.1, -0.05) is 0 Å². The van der Waals surface area contributed by atoms with Crippen molar-refractivity contribution in [2.45, 2.75) is 6.92 Å². The topological polar surface area (TPSA) is 81.3 Å². The van der Waals surface area contributed by atoms with Gasteiger partial charge in [-0.25, -0.2) is 9.97 Å². The number of nitrogens with two attached hydrogens (primary N) is 1. The maximum atomic E-state index is 11.7. The van der Waals surface area contributed by atoms with E-state index in [1.807, 2.05) is 31.2 Å². The van der Waals surface area contributed by atoms with Crippen LogP contribution in [0.2, 0.25) is 0 Å². The molecule has 0 spiro atoms. The van der Waals surface area contributed by atoms with Gasteiger partial charge in [0.05, 0.1) is 11.4 Å². The monoisotopic (exact) mass is 270 g/mol. The molecule has 20 heavy (non-hydrogen) atoms. The Kier molecular flexibility index (Phi) is 2.78. The zero-order valence-electron chi connectivity index (χ0n) is 11.3. The molecular weight excluding hydrogens is 256 g/mol. The second-order valence-corrected chi connectivity index (χ2v) is 4.68. The molecule has 0 bridgehead atoms. The van der Waals surface area contributed by atoms with Crippen LogP contribution in [0.3, 0.4) is 0 Å². The normalized spacial score (nSPS) is 13.9. The number of nitrogen functional groups attached to an aromatic ring is 1. The van der Waals surface area contributed by atoms with Crippen LogP contribution in [0.1, 0.15) is 5.69 Å². The maximum absolute atomic E-state index is 11.7. The fourth-order valence-electron chi connectivity index (χ4n) is 2.17. The van der Waals surface area contributed by atoms with E-state index in [9.17, 15) is 4.79 Å². The van der Waals surface area contributed by atoms with Crippen LogP contribution < -0.4 is 15.4 Å². The number of ether oxygens (including phenoxy) is 1. The largest absolute Gasteiger partial charge is 0.482 e. The summed E-state index contributed by atoms with van der Waals surface area (Å²) in [7, 11) is 1.73. The molecule has 0 unspecified atom stereocenters. The number of aryl methyl sites for hydroxylation is 1. The zero-order valence-corrected chi connectivity index (χ0v) is 11.3. The number of amides is 1. The average Bonchev–Trinajstić information content (AvgIpc) is 2.42. The summed E-state index contributed by atoms with van der Waals surface area (Å²) in [4.78, 5) is 21.5. The summed E-state index contributed by atoms with van der Waals surface area (Å²) >= 11 is 0. The molecule has 6 heteroatoms. The van der Waals surface area contributed by atoms with Crippen molar-refractivity contribution in [3.8, 4) is 17.0 Å². The van der Waals surface area contributed by atoms with Crippen LogP contribution in [-0.2, 0) is 4.79 Å². The van der Waals surface area contributed by atoms with Crippen LogP contribution in [0.4, 0.5) is 11.6 Å². The number of aromatic nitrogens is 2. The Morgan fingerprint density at radius 2 is 2.10 bits per heavy atom. The summed E-state index contributed by atoms with van der Waals surface area (Å²) in [5.41, 5.74) is 8.79. The summed E-state index contributed by atoms with van der Waals surface area (Å²) < 4.78 is 5.40. The molecule has 1 aromatic carbocycles. The molecule has 2 N–H and O–H groups in total. The van der Waals surface area contributed by atoms with Gasteiger partial charge >= 0.3 is 0 Å². The van der Waals surface area contributed by atoms with E-state index in [-0.39, 0.29) is 18.5 Å². The first-order chi connectivity index (χ1) is 9.54. The summed E-state index contributed by atoms with van der Waals surface area (Å²) in [6.07, 6.45) is 0. The zero-order chi connectivity index (χ0) is 14.3. The lowest BCUT2D eigenvalue weighted by Crippen LogP contribution is -2.35. The molecule has 1 amide bonds. The van der Waals surface area contributed by atoms with E-state index in [0.29, 0.717) is 5.75 Å². The number of carbonyl (C=O) groups is 1. The number of likely N-dealkylation sites (N-methyl/N-ethyl adjacent to an activating group) is 1. The lowest BCUT2D eigenvalue weighted by atomic mass is 10.1. The summed E-state index contributed by atoms with van der Waals surface area (Å²) in [5, 5.41) is 0. The molecule has 3 rings (SSSR count). The van der Waals surface area contributed by atoms with Gasteiger partial charge in [0.15, 0.2) is 6.61 Å². The molecule has 0 atom stereocenters. The maximum Gasteiger partial charge on any atom is 0.264 e. The van der Waals surface area contributed by atoms with Crippen molar-refractivity contribution in [2.24, 2.45) is 0 Å². The van der Waals surface area contributed by atoms with E-state index in [2.05, 4.69) is 9.97 Å². The van der Waals surface area contributed by atoms with Crippen molar-refractivity contribution in [1.29, 1.82) is 0 Å². The van der Waals surface area contributed by atoms with Crippen molar-refractivity contribution >= 4 is 17.5 Å². The van der Waals surface area contributed by atoms with Crippen LogP contribution in [0, 0.1) is 6.92 Å². The third kappa shape index (κ3) is 2.05. The van der Waals surface area contributed by atoms with Crippen molar-refractivity contribution in [3.63, 3.8) is 0 Å². The molecular formula is C14H14N4O2. The highest BCUT2D eigenvalue weighted by atomic mass is 16.5. The number of benzene rings is 1. The molecule has 1 aliphatic heterocycles. The Morgan fingerprint density at radius 1 is 1.30 bits per heavy atom. The molecule has 0 aliphatic carbocycles. The van der Waals surface area contributed by atoms with Gasteiger partial charge in [0.25, 0.3) is 5.91 Å². The standard InChI is InChI=1S/C14H14N4O2/c1-8-5-10(17-14(15)16-8)9-3-4-12-11(6-9)18(2)13(19)7-20-12/h3-6H,7H2,1-2H3,(H2,15,16,17). The van der Waals surface area contributed by atoms with Crippen LogP contribution >= 0.6 is 0 Å². The van der Waals surface area contributed by atoms with Crippen LogP contribution in [0.5, 0.6) is 5.75 Å². The molecule has 2 aromatic rings. The van der Waals surface area contributed by atoms with Gasteiger partial charge in [-0.15, -0.1) is 0 Å². The lowest BCUT2D eigenvalue weighted by molar-refractivity contribution is -0.120. The van der Waals surface area contributed by atoms with Gasteiger partial charge in [0, 0.05) is 18.3 Å². The van der Waals surface area contributed by atoms with Gasteiger partial charge < -0.3 is 15.4 Å². The molecule has 6 nitrogen and oxygen atoms in total. The fourth-order valence-corrected chi connectivity index (χ4v) is 2.17. The summed E-state index contributed by atoms with van der Waals surface area (Å²) in [6.45, 7) is 1.93. The van der Waals surface area contributed by atoms with Crippen molar-refractivity contribution in [1.82, 2.24) is 9.97 Å². The minimum Gasteiger partial charge on any atom is -0.482 e. The van der Waals surface area contributed by atoms with Crippen LogP contribution in [0.15, 0.2) is 24.3 Å². The predicted molar refractivity (Wildman–Crippen MR) is 75.5 cm³/mol. The first-order valence-electron chi connectivity index (χ1n) is 6.19. The minimum atomic E-state index is -0.0759. The highest BCUT2D eigenvalue weighted by Gasteiger charge is 2.22. The Labute approximate surface area is 116 Å². The second kappa shape index (κ2) is 4.48. The second-order valence-electron chi connectivity index (χ2n) is 4.68. The van der Waals surface area contributed by atoms with E-state index < -0.39 is 0 Å². The average molecular weight is 270 g/mol. The Hall–Kier alpha value is -2.63. The Morgan fingerprint density at radius 3 is 2.85 bits per heavy atom.